The molecule has 0 aromatic carbocycles. The highest BCUT2D eigenvalue weighted by Gasteiger charge is 2.22. The van der Waals surface area contributed by atoms with Gasteiger partial charge in [0.15, 0.2) is 0 Å². The lowest BCUT2D eigenvalue weighted by Gasteiger charge is -2.09. The van der Waals surface area contributed by atoms with E-state index < -0.39 is 41.1 Å². The summed E-state index contributed by atoms with van der Waals surface area (Å²) in [5.41, 5.74) is 0. The largest absolute Gasteiger partial charge is 0.481 e. The maximum Gasteiger partial charge on any atom is 0.334 e. The number of rotatable bonds is 6. The SMILES string of the molecule is O=C(O)CC[C@@H](NS(=O)(=O)O)C(=O)O. The van der Waals surface area contributed by atoms with Crippen LogP contribution in [-0.4, -0.2) is 41.2 Å². The summed E-state index contributed by atoms with van der Waals surface area (Å²) in [6, 6.07) is -1.64. The van der Waals surface area contributed by atoms with Crippen molar-refractivity contribution in [1.29, 1.82) is 0 Å². The quantitative estimate of drug-likeness (QED) is 0.413. The second-order valence-corrected chi connectivity index (χ2v) is 3.60. The van der Waals surface area contributed by atoms with Gasteiger partial charge >= 0.3 is 22.2 Å². The first-order valence-electron chi connectivity index (χ1n) is 3.41. The van der Waals surface area contributed by atoms with E-state index in [1.165, 1.54) is 4.72 Å². The molecule has 0 rings (SSSR count). The highest BCUT2D eigenvalue weighted by Crippen LogP contribution is 1.99. The molecule has 1 atom stereocenters. The van der Waals surface area contributed by atoms with Crippen LogP contribution >= 0.6 is 0 Å². The van der Waals surface area contributed by atoms with E-state index >= 15 is 0 Å². The Hall–Kier alpha value is -1.19. The monoisotopic (exact) mass is 227 g/mol. The molecule has 0 aliphatic heterocycles. The van der Waals surface area contributed by atoms with E-state index in [0.29, 0.717) is 0 Å². The predicted octanol–water partition coefficient (Wildman–Crippen LogP) is -1.30. The summed E-state index contributed by atoms with van der Waals surface area (Å²) >= 11 is 0. The fourth-order valence-corrected chi connectivity index (χ4v) is 1.26. The van der Waals surface area contributed by atoms with E-state index in [0.717, 1.165) is 0 Å². The molecular formula is C5H9NO7S. The zero-order chi connectivity index (χ0) is 11.4. The van der Waals surface area contributed by atoms with E-state index in [9.17, 15) is 18.0 Å². The molecule has 0 aliphatic rings. The van der Waals surface area contributed by atoms with Gasteiger partial charge in [0.05, 0.1) is 0 Å². The zero-order valence-electron chi connectivity index (χ0n) is 6.87. The second kappa shape index (κ2) is 4.88. The fraction of sp³-hybridized carbons (Fsp3) is 0.600. The molecule has 0 saturated heterocycles. The Morgan fingerprint density at radius 1 is 1.29 bits per heavy atom. The molecule has 0 unspecified atom stereocenters. The average Bonchev–Trinajstić information content (AvgIpc) is 1.94. The summed E-state index contributed by atoms with van der Waals surface area (Å²) in [5.74, 6) is -2.81. The lowest BCUT2D eigenvalue weighted by molar-refractivity contribution is -0.140. The average molecular weight is 227 g/mol. The maximum atomic E-state index is 10.4. The molecule has 0 heterocycles. The molecule has 8 nitrogen and oxygen atoms in total. The molecule has 0 amide bonds. The van der Waals surface area contributed by atoms with E-state index in [-0.39, 0.29) is 0 Å². The van der Waals surface area contributed by atoms with Gasteiger partial charge in [-0.3, -0.25) is 14.1 Å². The lowest BCUT2D eigenvalue weighted by atomic mass is 10.2. The number of carboxylic acid groups (broad SMARTS) is 2. The smallest absolute Gasteiger partial charge is 0.334 e. The van der Waals surface area contributed by atoms with Gasteiger partial charge in [-0.1, -0.05) is 0 Å². The van der Waals surface area contributed by atoms with Crippen molar-refractivity contribution in [2.45, 2.75) is 18.9 Å². The van der Waals surface area contributed by atoms with Crippen LogP contribution in [0.5, 0.6) is 0 Å². The summed E-state index contributed by atoms with van der Waals surface area (Å²) in [5, 5.41) is 16.6. The Morgan fingerprint density at radius 3 is 2.07 bits per heavy atom. The van der Waals surface area contributed by atoms with Gasteiger partial charge in [0.25, 0.3) is 0 Å². The van der Waals surface area contributed by atoms with E-state index in [4.69, 9.17) is 14.8 Å². The molecule has 0 bridgehead atoms. The number of hydrogen-bond acceptors (Lipinski definition) is 4. The van der Waals surface area contributed by atoms with Crippen LogP contribution in [0.25, 0.3) is 0 Å². The molecule has 0 fully saturated rings. The summed E-state index contributed by atoms with van der Waals surface area (Å²) in [6.07, 6.45) is -0.954. The van der Waals surface area contributed by atoms with Gasteiger partial charge in [-0.25, -0.2) is 0 Å². The van der Waals surface area contributed by atoms with Crippen LogP contribution in [0.15, 0.2) is 0 Å². The highest BCUT2D eigenvalue weighted by molar-refractivity contribution is 7.83. The van der Waals surface area contributed by atoms with Crippen molar-refractivity contribution in [2.24, 2.45) is 0 Å². The van der Waals surface area contributed by atoms with Crippen LogP contribution in [0.1, 0.15) is 12.8 Å². The van der Waals surface area contributed by atoms with E-state index in [1.54, 1.807) is 0 Å². The molecule has 0 radical (unpaired) electrons. The van der Waals surface area contributed by atoms with Crippen molar-refractivity contribution in [3.05, 3.63) is 0 Å². The van der Waals surface area contributed by atoms with Crippen molar-refractivity contribution >= 4 is 22.2 Å². The first kappa shape index (κ1) is 12.8. The molecular weight excluding hydrogens is 218 g/mol. The van der Waals surface area contributed by atoms with Crippen molar-refractivity contribution < 1.29 is 32.8 Å². The van der Waals surface area contributed by atoms with Gasteiger partial charge in [0, 0.05) is 6.42 Å². The molecule has 0 aromatic heterocycles. The normalized spacial score (nSPS) is 13.5. The van der Waals surface area contributed by atoms with E-state index in [2.05, 4.69) is 0 Å². The van der Waals surface area contributed by atoms with Crippen LogP contribution in [0.3, 0.4) is 0 Å². The van der Waals surface area contributed by atoms with Gasteiger partial charge in [-0.05, 0) is 6.42 Å². The van der Waals surface area contributed by atoms with Crippen LogP contribution in [0, 0.1) is 0 Å². The third-order valence-corrected chi connectivity index (χ3v) is 1.82. The van der Waals surface area contributed by atoms with Crippen LogP contribution in [0.2, 0.25) is 0 Å². The molecule has 4 N–H and O–H groups in total. The van der Waals surface area contributed by atoms with Crippen molar-refractivity contribution in [1.82, 2.24) is 4.72 Å². The van der Waals surface area contributed by atoms with Gasteiger partial charge < -0.3 is 10.2 Å². The summed E-state index contributed by atoms with van der Waals surface area (Å²) in [4.78, 5) is 20.4. The Labute approximate surface area is 79.4 Å². The summed E-state index contributed by atoms with van der Waals surface area (Å²) < 4.78 is 30.1. The minimum Gasteiger partial charge on any atom is -0.481 e. The summed E-state index contributed by atoms with van der Waals surface area (Å²) in [6.45, 7) is 0. The van der Waals surface area contributed by atoms with Gasteiger partial charge in [0.2, 0.25) is 0 Å². The zero-order valence-corrected chi connectivity index (χ0v) is 7.69. The molecule has 14 heavy (non-hydrogen) atoms. The van der Waals surface area contributed by atoms with Crippen LogP contribution in [-0.2, 0) is 19.9 Å². The fourth-order valence-electron chi connectivity index (χ4n) is 0.680. The molecule has 0 spiro atoms. The molecule has 0 aliphatic carbocycles. The maximum absolute atomic E-state index is 10.4. The van der Waals surface area contributed by atoms with Crippen molar-refractivity contribution in [3.8, 4) is 0 Å². The number of aliphatic carboxylic acids is 2. The first-order chi connectivity index (χ1) is 6.22. The third kappa shape index (κ3) is 6.34. The third-order valence-electron chi connectivity index (χ3n) is 1.24. The standard InChI is InChI=1S/C5H9NO7S/c7-4(8)2-1-3(5(9)10)6-14(11,12)13/h3,6H,1-2H2,(H,7,8)(H,9,10)(H,11,12,13)/t3-/m1/s1. The van der Waals surface area contributed by atoms with E-state index in [1.807, 2.05) is 0 Å². The second-order valence-electron chi connectivity index (χ2n) is 2.42. The number of hydrogen-bond donors (Lipinski definition) is 4. The van der Waals surface area contributed by atoms with Crippen molar-refractivity contribution in [3.63, 3.8) is 0 Å². The Bertz CT molecular complexity index is 321. The minimum atomic E-state index is -4.64. The molecule has 9 heteroatoms. The number of carbonyl (C=O) groups is 2. The predicted molar refractivity (Wildman–Crippen MR) is 43.0 cm³/mol. The highest BCUT2D eigenvalue weighted by atomic mass is 32.2. The molecule has 0 saturated carbocycles. The topological polar surface area (TPSA) is 141 Å². The Balaban J connectivity index is 4.32. The van der Waals surface area contributed by atoms with Crippen molar-refractivity contribution in [2.75, 3.05) is 0 Å². The number of carboxylic acids is 2. The Morgan fingerprint density at radius 2 is 1.79 bits per heavy atom. The van der Waals surface area contributed by atoms with Gasteiger partial charge in [0.1, 0.15) is 6.04 Å². The molecule has 82 valence electrons. The molecule has 0 aromatic rings. The van der Waals surface area contributed by atoms with Crippen LogP contribution in [0.4, 0.5) is 0 Å². The van der Waals surface area contributed by atoms with Crippen LogP contribution < -0.4 is 4.72 Å². The lowest BCUT2D eigenvalue weighted by Crippen LogP contribution is -2.40. The first-order valence-corrected chi connectivity index (χ1v) is 4.85. The van der Waals surface area contributed by atoms with Gasteiger partial charge in [-0.2, -0.15) is 13.1 Å². The number of nitrogens with one attached hydrogen (secondary N) is 1. The minimum absolute atomic E-state index is 0.440. The summed E-state index contributed by atoms with van der Waals surface area (Å²) in [7, 11) is -4.64. The Kier molecular flexibility index (Phi) is 4.47. The van der Waals surface area contributed by atoms with Gasteiger partial charge in [-0.15, -0.1) is 0 Å².